The zero-order valence-corrected chi connectivity index (χ0v) is 20.8. The van der Waals surface area contributed by atoms with Crippen LogP contribution >= 0.6 is 0 Å². The largest absolute Gasteiger partial charge is 0.573 e. The summed E-state index contributed by atoms with van der Waals surface area (Å²) in [4.78, 5) is 14.8. The Morgan fingerprint density at radius 3 is 2.33 bits per heavy atom. The molecule has 16 heteroatoms. The van der Waals surface area contributed by atoms with Gasteiger partial charge in [0.25, 0.3) is 0 Å². The van der Waals surface area contributed by atoms with E-state index < -0.39 is 18.1 Å². The molecule has 0 bridgehead atoms. The maximum atomic E-state index is 13.1. The van der Waals surface area contributed by atoms with Crippen LogP contribution in [0.25, 0.3) is 0 Å². The molecule has 0 spiro atoms. The van der Waals surface area contributed by atoms with Gasteiger partial charge in [-0.05, 0) is 48.0 Å². The second kappa shape index (κ2) is 12.8. The van der Waals surface area contributed by atoms with E-state index in [-0.39, 0.29) is 29.3 Å². The van der Waals surface area contributed by atoms with Gasteiger partial charge in [-0.1, -0.05) is 6.07 Å². The Kier molecular flexibility index (Phi) is 9.21. The molecule has 1 aromatic heterocycles. The highest BCUT2D eigenvalue weighted by Gasteiger charge is 2.31. The third-order valence-electron chi connectivity index (χ3n) is 5.39. The number of rotatable bonds is 10. The molecule has 3 N–H and O–H groups in total. The third kappa shape index (κ3) is 9.23. The van der Waals surface area contributed by atoms with Gasteiger partial charge in [0.1, 0.15) is 5.75 Å². The van der Waals surface area contributed by atoms with E-state index in [1.54, 1.807) is 0 Å². The van der Waals surface area contributed by atoms with Crippen LogP contribution in [0, 0.1) is 0 Å². The number of benzene rings is 2. The summed E-state index contributed by atoms with van der Waals surface area (Å²) in [6, 6.07) is 9.53. The number of anilines is 4. The van der Waals surface area contributed by atoms with Crippen molar-refractivity contribution in [3.05, 3.63) is 59.7 Å². The molecule has 1 saturated heterocycles. The van der Waals surface area contributed by atoms with Gasteiger partial charge in [0.05, 0.1) is 25.0 Å². The van der Waals surface area contributed by atoms with Gasteiger partial charge < -0.3 is 20.1 Å². The number of hydrogen-bond donors (Lipinski definition) is 3. The number of alkyl halides is 6. The first-order valence-corrected chi connectivity index (χ1v) is 11.9. The van der Waals surface area contributed by atoms with Crippen molar-refractivity contribution in [1.29, 1.82) is 0 Å². The molecule has 2 aromatic carbocycles. The predicted octanol–water partition coefficient (Wildman–Crippen LogP) is 4.72. The molecule has 1 fully saturated rings. The lowest BCUT2D eigenvalue weighted by atomic mass is 10.2. The molecule has 3 aromatic rings. The van der Waals surface area contributed by atoms with Crippen LogP contribution in [0.1, 0.15) is 11.1 Å². The number of halogens is 6. The third-order valence-corrected chi connectivity index (χ3v) is 5.39. The molecule has 0 atom stereocenters. The minimum atomic E-state index is -4.80. The molecule has 10 nitrogen and oxygen atoms in total. The SMILES string of the molecule is FC(F)(F)Oc1ccc(/C=N/Nc2nc(NCCN3CCOCC3)nc(Nc3cccc(C(F)(F)F)c3)n2)cc1. The van der Waals surface area contributed by atoms with Crippen molar-refractivity contribution in [2.24, 2.45) is 5.10 Å². The Morgan fingerprint density at radius 2 is 1.62 bits per heavy atom. The quantitative estimate of drug-likeness (QED) is 0.181. The minimum Gasteiger partial charge on any atom is -0.406 e. The number of nitrogens with one attached hydrogen (secondary N) is 3. The minimum absolute atomic E-state index is 0.0355. The zero-order valence-electron chi connectivity index (χ0n) is 20.8. The topological polar surface area (TPSA) is 109 Å². The average Bonchev–Trinajstić information content (AvgIpc) is 2.89. The molecule has 0 aliphatic carbocycles. The van der Waals surface area contributed by atoms with Crippen LogP contribution in [-0.2, 0) is 10.9 Å². The number of hydrogen-bond acceptors (Lipinski definition) is 10. The first-order valence-electron chi connectivity index (χ1n) is 11.9. The number of morpholine rings is 1. The average molecular weight is 570 g/mol. The highest BCUT2D eigenvalue weighted by Crippen LogP contribution is 2.31. The molecule has 1 aliphatic rings. The van der Waals surface area contributed by atoms with Gasteiger partial charge in [0.15, 0.2) is 0 Å². The lowest BCUT2D eigenvalue weighted by Gasteiger charge is -2.26. The van der Waals surface area contributed by atoms with Gasteiger partial charge in [-0.2, -0.15) is 33.2 Å². The standard InChI is InChI=1S/C24H24F6N8O2/c25-23(26,27)17-2-1-3-18(14-17)33-21-34-20(31-8-9-38-10-12-39-13-11-38)35-22(36-21)37-32-15-16-4-6-19(7-5-16)40-24(28,29)30/h1-7,14-15H,8-13H2,(H3,31,33,34,35,36,37)/b32-15+. The maximum Gasteiger partial charge on any atom is 0.573 e. The number of ether oxygens (including phenoxy) is 2. The lowest BCUT2D eigenvalue weighted by Crippen LogP contribution is -2.39. The van der Waals surface area contributed by atoms with Crippen LogP contribution in [0.2, 0.25) is 0 Å². The summed E-state index contributed by atoms with van der Waals surface area (Å²) < 4.78 is 85.5. The molecule has 2 heterocycles. The van der Waals surface area contributed by atoms with Crippen molar-refractivity contribution in [3.63, 3.8) is 0 Å². The maximum absolute atomic E-state index is 13.1. The smallest absolute Gasteiger partial charge is 0.406 e. The Bertz CT molecular complexity index is 1280. The summed E-state index contributed by atoms with van der Waals surface area (Å²) in [5.41, 5.74) is 2.31. The fourth-order valence-electron chi connectivity index (χ4n) is 3.53. The fraction of sp³-hybridized carbons (Fsp3) is 0.333. The number of hydrazone groups is 1. The molecule has 0 radical (unpaired) electrons. The molecule has 0 amide bonds. The Labute approximate surface area is 224 Å². The zero-order chi connectivity index (χ0) is 28.6. The van der Waals surface area contributed by atoms with Crippen molar-refractivity contribution in [3.8, 4) is 5.75 Å². The van der Waals surface area contributed by atoms with Crippen molar-refractivity contribution in [2.75, 3.05) is 55.5 Å². The molecular formula is C24H24F6N8O2. The molecule has 0 saturated carbocycles. The van der Waals surface area contributed by atoms with E-state index in [0.29, 0.717) is 31.9 Å². The van der Waals surface area contributed by atoms with E-state index in [1.807, 2.05) is 0 Å². The molecule has 4 rings (SSSR count). The second-order valence-corrected chi connectivity index (χ2v) is 8.38. The van der Waals surface area contributed by atoms with Crippen molar-refractivity contribution in [1.82, 2.24) is 19.9 Å². The van der Waals surface area contributed by atoms with Crippen LogP contribution in [0.5, 0.6) is 5.75 Å². The van der Waals surface area contributed by atoms with Gasteiger partial charge >= 0.3 is 12.5 Å². The summed E-state index contributed by atoms with van der Waals surface area (Å²) >= 11 is 0. The Balaban J connectivity index is 1.47. The van der Waals surface area contributed by atoms with Crippen LogP contribution in [-0.4, -0.2) is 71.8 Å². The van der Waals surface area contributed by atoms with Gasteiger partial charge in [-0.3, -0.25) is 4.90 Å². The van der Waals surface area contributed by atoms with E-state index in [2.05, 4.69) is 45.7 Å². The monoisotopic (exact) mass is 570 g/mol. The van der Waals surface area contributed by atoms with Crippen molar-refractivity contribution in [2.45, 2.75) is 12.5 Å². The van der Waals surface area contributed by atoms with Crippen LogP contribution < -0.4 is 20.8 Å². The first kappa shape index (κ1) is 28.8. The summed E-state index contributed by atoms with van der Waals surface area (Å²) in [5, 5.41) is 9.80. The Morgan fingerprint density at radius 1 is 0.925 bits per heavy atom. The van der Waals surface area contributed by atoms with Crippen LogP contribution in [0.3, 0.4) is 0 Å². The van der Waals surface area contributed by atoms with Gasteiger partial charge in [-0.15, -0.1) is 13.2 Å². The highest BCUT2D eigenvalue weighted by atomic mass is 19.4. The van der Waals surface area contributed by atoms with Gasteiger partial charge in [0, 0.05) is 31.9 Å². The van der Waals surface area contributed by atoms with Crippen LogP contribution in [0.15, 0.2) is 53.6 Å². The lowest BCUT2D eigenvalue weighted by molar-refractivity contribution is -0.274. The van der Waals surface area contributed by atoms with Gasteiger partial charge in [-0.25, -0.2) is 5.43 Å². The van der Waals surface area contributed by atoms with Gasteiger partial charge in [0.2, 0.25) is 17.8 Å². The van der Waals surface area contributed by atoms with E-state index in [1.165, 1.54) is 30.5 Å². The fourth-order valence-corrected chi connectivity index (χ4v) is 3.53. The van der Waals surface area contributed by atoms with E-state index >= 15 is 0 Å². The van der Waals surface area contributed by atoms with E-state index in [9.17, 15) is 26.3 Å². The second-order valence-electron chi connectivity index (χ2n) is 8.38. The molecule has 0 unspecified atom stereocenters. The predicted molar refractivity (Wildman–Crippen MR) is 135 cm³/mol. The first-order chi connectivity index (χ1) is 19.0. The number of nitrogens with zero attached hydrogens (tertiary/aromatic N) is 5. The Hall–Kier alpha value is -4.18. The summed E-state index contributed by atoms with van der Waals surface area (Å²) in [6.45, 7) is 4.00. The molecule has 1 aliphatic heterocycles. The van der Waals surface area contributed by atoms with E-state index in [0.717, 1.165) is 37.4 Å². The normalized spacial score (nSPS) is 14.8. The molecular weight excluding hydrogens is 546 g/mol. The van der Waals surface area contributed by atoms with E-state index in [4.69, 9.17) is 4.74 Å². The van der Waals surface area contributed by atoms with Crippen LogP contribution in [0.4, 0.5) is 49.9 Å². The summed E-state index contributed by atoms with van der Waals surface area (Å²) in [5.74, 6) is -0.321. The van der Waals surface area contributed by atoms with Crippen molar-refractivity contribution < 1.29 is 35.8 Å². The summed E-state index contributed by atoms with van der Waals surface area (Å²) in [6.07, 6.45) is -8.02. The summed E-state index contributed by atoms with van der Waals surface area (Å²) in [7, 11) is 0. The van der Waals surface area contributed by atoms with Crippen molar-refractivity contribution >= 4 is 29.7 Å². The molecule has 214 valence electrons. The highest BCUT2D eigenvalue weighted by molar-refractivity contribution is 5.80. The number of aromatic nitrogens is 3. The molecule has 40 heavy (non-hydrogen) atoms.